The zero-order valence-electron chi connectivity index (χ0n) is 20.2. The van der Waals surface area contributed by atoms with Crippen LogP contribution in [-0.2, 0) is 17.7 Å². The van der Waals surface area contributed by atoms with Crippen LogP contribution >= 0.6 is 0 Å². The van der Waals surface area contributed by atoms with Crippen LogP contribution in [0.15, 0.2) is 59.7 Å². The summed E-state index contributed by atoms with van der Waals surface area (Å²) < 4.78 is 5.41. The predicted octanol–water partition coefficient (Wildman–Crippen LogP) is 1.62. The highest BCUT2D eigenvalue weighted by atomic mass is 16.5. The molecule has 1 unspecified atom stereocenters. The number of hydrogen-bond acceptors (Lipinski definition) is 7. The molecule has 0 bridgehead atoms. The zero-order chi connectivity index (χ0) is 25.2. The fraction of sp³-hybridized carbons (Fsp3) is 0.357. The summed E-state index contributed by atoms with van der Waals surface area (Å²) in [5.74, 6) is 5.85. The highest BCUT2D eigenvalue weighted by molar-refractivity contribution is 5.44. The molecule has 36 heavy (non-hydrogen) atoms. The van der Waals surface area contributed by atoms with Crippen molar-refractivity contribution in [1.29, 1.82) is 0 Å². The largest absolute Gasteiger partial charge is 0.502 e. The summed E-state index contributed by atoms with van der Waals surface area (Å²) in [6, 6.07) is 16.3. The Morgan fingerprint density at radius 3 is 2.31 bits per heavy atom. The van der Waals surface area contributed by atoms with Gasteiger partial charge in [0.25, 0.3) is 5.56 Å². The molecule has 0 saturated carbocycles. The molecule has 1 aliphatic heterocycles. The standard InChI is InChI=1S/C28H32N4O4/c33-14-11-29-18-25(26-27(34)28(35)31-20-30-26)17-23-7-3-21(4-8-23)1-2-22-5-9-24(10-6-22)19-32-12-15-36-16-13-32/h3-10,20,25,29,33-34H,11-19H2,(H,30,31,35). The quantitative estimate of drug-likeness (QED) is 0.268. The van der Waals surface area contributed by atoms with Gasteiger partial charge in [-0.3, -0.25) is 9.69 Å². The predicted molar refractivity (Wildman–Crippen MR) is 138 cm³/mol. The fourth-order valence-corrected chi connectivity index (χ4v) is 4.19. The number of nitrogens with zero attached hydrogens (tertiary/aromatic N) is 2. The number of aromatic nitrogens is 2. The van der Waals surface area contributed by atoms with E-state index in [9.17, 15) is 9.90 Å². The molecule has 4 N–H and O–H groups in total. The number of benzene rings is 2. The summed E-state index contributed by atoms with van der Waals surface area (Å²) in [5, 5.41) is 22.4. The molecule has 0 radical (unpaired) electrons. The molecule has 4 rings (SSSR count). The van der Waals surface area contributed by atoms with Crippen molar-refractivity contribution in [3.8, 4) is 17.6 Å². The number of aliphatic hydroxyl groups is 1. The van der Waals surface area contributed by atoms with E-state index < -0.39 is 5.56 Å². The Morgan fingerprint density at radius 2 is 1.67 bits per heavy atom. The first kappa shape index (κ1) is 25.6. The Hall–Kier alpha value is -3.48. The first-order valence-electron chi connectivity index (χ1n) is 12.2. The number of ether oxygens (including phenoxy) is 1. The number of hydrogen-bond donors (Lipinski definition) is 4. The van der Waals surface area contributed by atoms with Gasteiger partial charge in [0, 0.05) is 49.8 Å². The molecule has 1 aromatic heterocycles. The number of aromatic hydroxyl groups is 1. The minimum absolute atomic E-state index is 0.00543. The third-order valence-electron chi connectivity index (χ3n) is 6.17. The van der Waals surface area contributed by atoms with Crippen LogP contribution in [0.25, 0.3) is 0 Å². The molecule has 1 fully saturated rings. The molecular weight excluding hydrogens is 456 g/mol. The molecular formula is C28H32N4O4. The Morgan fingerprint density at radius 1 is 1.03 bits per heavy atom. The minimum Gasteiger partial charge on any atom is -0.502 e. The van der Waals surface area contributed by atoms with Gasteiger partial charge >= 0.3 is 0 Å². The van der Waals surface area contributed by atoms with E-state index in [1.165, 1.54) is 11.9 Å². The number of aliphatic hydroxyl groups excluding tert-OH is 1. The van der Waals surface area contributed by atoms with Crippen molar-refractivity contribution in [3.05, 3.63) is 93.2 Å². The highest BCUT2D eigenvalue weighted by Crippen LogP contribution is 2.23. The van der Waals surface area contributed by atoms with Crippen LogP contribution in [0.4, 0.5) is 0 Å². The van der Waals surface area contributed by atoms with E-state index >= 15 is 0 Å². The molecule has 0 amide bonds. The lowest BCUT2D eigenvalue weighted by atomic mass is 9.94. The van der Waals surface area contributed by atoms with Gasteiger partial charge in [0.2, 0.25) is 5.75 Å². The molecule has 188 valence electrons. The van der Waals surface area contributed by atoms with E-state index in [1.807, 2.05) is 24.3 Å². The van der Waals surface area contributed by atoms with Gasteiger partial charge < -0.3 is 25.3 Å². The van der Waals surface area contributed by atoms with E-state index in [1.54, 1.807) is 0 Å². The van der Waals surface area contributed by atoms with Crippen LogP contribution < -0.4 is 10.9 Å². The van der Waals surface area contributed by atoms with Crippen molar-refractivity contribution in [3.63, 3.8) is 0 Å². The Bertz CT molecular complexity index is 1220. The molecule has 1 atom stereocenters. The normalized spacial score (nSPS) is 14.7. The van der Waals surface area contributed by atoms with E-state index in [0.717, 1.165) is 49.5 Å². The molecule has 2 heterocycles. The third-order valence-corrected chi connectivity index (χ3v) is 6.17. The van der Waals surface area contributed by atoms with Crippen molar-refractivity contribution in [2.45, 2.75) is 18.9 Å². The van der Waals surface area contributed by atoms with Crippen molar-refractivity contribution in [2.24, 2.45) is 0 Å². The summed E-state index contributed by atoms with van der Waals surface area (Å²) in [6.07, 6.45) is 1.87. The highest BCUT2D eigenvalue weighted by Gasteiger charge is 2.19. The Labute approximate surface area is 211 Å². The molecule has 1 aliphatic rings. The number of H-pyrrole nitrogens is 1. The van der Waals surface area contributed by atoms with Gasteiger partial charge in [0.05, 0.1) is 31.8 Å². The zero-order valence-corrected chi connectivity index (χ0v) is 20.2. The van der Waals surface area contributed by atoms with Crippen molar-refractivity contribution < 1.29 is 14.9 Å². The van der Waals surface area contributed by atoms with Gasteiger partial charge in [0.15, 0.2) is 0 Å². The SMILES string of the molecule is O=c1[nH]cnc(C(CNCCO)Cc2ccc(C#Cc3ccc(CN4CCOCC4)cc3)cc2)c1O. The first-order valence-corrected chi connectivity index (χ1v) is 12.2. The lowest BCUT2D eigenvalue weighted by Crippen LogP contribution is -2.35. The maximum atomic E-state index is 11.8. The van der Waals surface area contributed by atoms with E-state index in [4.69, 9.17) is 9.84 Å². The average Bonchev–Trinajstić information content (AvgIpc) is 2.91. The second-order valence-corrected chi connectivity index (χ2v) is 8.83. The van der Waals surface area contributed by atoms with E-state index in [0.29, 0.717) is 25.2 Å². The maximum Gasteiger partial charge on any atom is 0.293 e. The van der Waals surface area contributed by atoms with Crippen LogP contribution in [-0.4, -0.2) is 71.1 Å². The summed E-state index contributed by atoms with van der Waals surface area (Å²) in [7, 11) is 0. The van der Waals surface area contributed by atoms with Crippen LogP contribution in [0.3, 0.4) is 0 Å². The summed E-state index contributed by atoms with van der Waals surface area (Å²) in [6.45, 7) is 5.36. The molecule has 8 heteroatoms. The second kappa shape index (κ2) is 13.0. The number of nitrogens with one attached hydrogen (secondary N) is 2. The van der Waals surface area contributed by atoms with Gasteiger partial charge in [-0.15, -0.1) is 0 Å². The van der Waals surface area contributed by atoms with Crippen LogP contribution in [0, 0.1) is 11.8 Å². The molecule has 1 saturated heterocycles. The summed E-state index contributed by atoms with van der Waals surface area (Å²) >= 11 is 0. The second-order valence-electron chi connectivity index (χ2n) is 8.83. The molecule has 8 nitrogen and oxygen atoms in total. The summed E-state index contributed by atoms with van der Waals surface area (Å²) in [4.78, 5) is 20.8. The van der Waals surface area contributed by atoms with Crippen molar-refractivity contribution >= 4 is 0 Å². The lowest BCUT2D eigenvalue weighted by molar-refractivity contribution is 0.0342. The van der Waals surface area contributed by atoms with Gasteiger partial charge in [-0.2, -0.15) is 0 Å². The Balaban J connectivity index is 1.39. The Kier molecular flexibility index (Phi) is 9.25. The van der Waals surface area contributed by atoms with Crippen molar-refractivity contribution in [2.75, 3.05) is 46.0 Å². The molecule has 0 aliphatic carbocycles. The topological polar surface area (TPSA) is 111 Å². The van der Waals surface area contributed by atoms with E-state index in [-0.39, 0.29) is 18.3 Å². The maximum absolute atomic E-state index is 11.8. The average molecular weight is 489 g/mol. The van der Waals surface area contributed by atoms with E-state index in [2.05, 4.69) is 56.3 Å². The lowest BCUT2D eigenvalue weighted by Gasteiger charge is -2.26. The smallest absolute Gasteiger partial charge is 0.293 e. The van der Waals surface area contributed by atoms with Crippen LogP contribution in [0.2, 0.25) is 0 Å². The van der Waals surface area contributed by atoms with Gasteiger partial charge in [-0.05, 0) is 41.8 Å². The number of aromatic amines is 1. The van der Waals surface area contributed by atoms with Gasteiger partial charge in [0.1, 0.15) is 0 Å². The monoisotopic (exact) mass is 488 g/mol. The molecule has 3 aromatic rings. The van der Waals surface area contributed by atoms with Crippen molar-refractivity contribution in [1.82, 2.24) is 20.2 Å². The van der Waals surface area contributed by atoms with Crippen LogP contribution in [0.1, 0.15) is 33.9 Å². The number of rotatable bonds is 9. The molecule has 2 aromatic carbocycles. The first-order chi connectivity index (χ1) is 17.6. The third kappa shape index (κ3) is 7.26. The minimum atomic E-state index is -0.563. The number of morpholine rings is 1. The fourth-order valence-electron chi connectivity index (χ4n) is 4.19. The molecule has 0 spiro atoms. The van der Waals surface area contributed by atoms with Gasteiger partial charge in [-0.25, -0.2) is 4.98 Å². The van der Waals surface area contributed by atoms with Crippen LogP contribution in [0.5, 0.6) is 5.75 Å². The summed E-state index contributed by atoms with van der Waals surface area (Å²) in [5.41, 5.74) is 3.96. The van der Waals surface area contributed by atoms with Gasteiger partial charge in [-0.1, -0.05) is 36.1 Å².